The molecule has 31 heavy (non-hydrogen) atoms. The number of hydrogen-bond acceptors (Lipinski definition) is 1. The van der Waals surface area contributed by atoms with E-state index in [2.05, 4.69) is 101 Å². The average molecular weight is 394 g/mol. The molecule has 2 nitrogen and oxygen atoms in total. The van der Waals surface area contributed by atoms with E-state index in [0.717, 1.165) is 33.5 Å². The Morgan fingerprint density at radius 1 is 0.613 bits per heavy atom. The number of para-hydroxylation sites is 2. The first-order valence-electron chi connectivity index (χ1n) is 10.3. The van der Waals surface area contributed by atoms with Crippen LogP contribution in [0.4, 0.5) is 0 Å². The number of aromatic amines is 1. The predicted octanol–water partition coefficient (Wildman–Crippen LogP) is 6.94. The lowest BCUT2D eigenvalue weighted by Crippen LogP contribution is -1.85. The number of H-pyrrole nitrogens is 1. The van der Waals surface area contributed by atoms with Gasteiger partial charge in [0.25, 0.3) is 0 Å². The van der Waals surface area contributed by atoms with Crippen molar-refractivity contribution in [1.82, 2.24) is 9.97 Å². The molecule has 144 valence electrons. The third-order valence-electron chi connectivity index (χ3n) is 5.65. The fraction of sp³-hybridized carbons (Fsp3) is 0. The monoisotopic (exact) mass is 394 g/mol. The Bertz CT molecular complexity index is 1540. The molecule has 0 spiro atoms. The molecule has 0 saturated heterocycles. The molecular weight excluding hydrogens is 376 g/mol. The molecule has 6 rings (SSSR count). The quantitative estimate of drug-likeness (QED) is 0.238. The lowest BCUT2D eigenvalue weighted by molar-refractivity contribution is 1.33. The fourth-order valence-corrected chi connectivity index (χ4v) is 4.08. The maximum Gasteiger partial charge on any atom is 0.138 e. The summed E-state index contributed by atoms with van der Waals surface area (Å²) in [6.07, 6.45) is 0. The summed E-state index contributed by atoms with van der Waals surface area (Å²) in [6.45, 7) is 0. The number of benzene rings is 5. The third-order valence-corrected chi connectivity index (χ3v) is 5.65. The van der Waals surface area contributed by atoms with Crippen LogP contribution in [-0.4, -0.2) is 9.97 Å². The normalized spacial score (nSPS) is 11.0. The molecule has 0 bridgehead atoms. The number of nitrogens with zero attached hydrogens (tertiary/aromatic N) is 1. The van der Waals surface area contributed by atoms with Crippen LogP contribution in [0.25, 0.3) is 44.0 Å². The molecule has 0 unspecified atom stereocenters. The summed E-state index contributed by atoms with van der Waals surface area (Å²) >= 11 is 0. The Morgan fingerprint density at radius 2 is 1.26 bits per heavy atom. The number of fused-ring (bicyclic) bond motifs is 3. The number of rotatable bonds is 1. The SMILES string of the molecule is C(#Cc1c2ccccc2cc2ccccc12)c1ccc(-c2nc3ccccc3[nH]2)cc1. The minimum absolute atomic E-state index is 0.876. The van der Waals surface area contributed by atoms with Gasteiger partial charge >= 0.3 is 0 Å². The van der Waals surface area contributed by atoms with Gasteiger partial charge in [0.1, 0.15) is 5.82 Å². The van der Waals surface area contributed by atoms with Gasteiger partial charge in [0.2, 0.25) is 0 Å². The first kappa shape index (κ1) is 17.5. The molecule has 6 aromatic rings. The van der Waals surface area contributed by atoms with Gasteiger partial charge in [-0.1, -0.05) is 84.6 Å². The molecule has 5 aromatic carbocycles. The van der Waals surface area contributed by atoms with Gasteiger partial charge in [-0.15, -0.1) is 0 Å². The smallest absolute Gasteiger partial charge is 0.138 e. The maximum atomic E-state index is 4.68. The summed E-state index contributed by atoms with van der Waals surface area (Å²) in [4.78, 5) is 8.07. The van der Waals surface area contributed by atoms with E-state index in [0.29, 0.717) is 0 Å². The largest absolute Gasteiger partial charge is 0.338 e. The van der Waals surface area contributed by atoms with Gasteiger partial charge in [0.05, 0.1) is 11.0 Å². The minimum atomic E-state index is 0.876. The van der Waals surface area contributed by atoms with Crippen molar-refractivity contribution in [3.8, 4) is 23.2 Å². The van der Waals surface area contributed by atoms with Crippen molar-refractivity contribution in [3.63, 3.8) is 0 Å². The molecule has 1 heterocycles. The van der Waals surface area contributed by atoms with E-state index in [9.17, 15) is 0 Å². The number of hydrogen-bond donors (Lipinski definition) is 1. The number of aromatic nitrogens is 2. The van der Waals surface area contributed by atoms with Crippen LogP contribution in [0.3, 0.4) is 0 Å². The van der Waals surface area contributed by atoms with Crippen molar-refractivity contribution in [2.45, 2.75) is 0 Å². The highest BCUT2D eigenvalue weighted by Gasteiger charge is 2.06. The highest BCUT2D eigenvalue weighted by atomic mass is 14.9. The molecule has 0 fully saturated rings. The van der Waals surface area contributed by atoms with Gasteiger partial charge in [-0.3, -0.25) is 0 Å². The molecule has 0 aliphatic heterocycles. The highest BCUT2D eigenvalue weighted by molar-refractivity contribution is 6.04. The van der Waals surface area contributed by atoms with Gasteiger partial charge in [-0.2, -0.15) is 0 Å². The van der Waals surface area contributed by atoms with Crippen LogP contribution in [-0.2, 0) is 0 Å². The Hall–Kier alpha value is -4.35. The Labute approximate surface area is 180 Å². The van der Waals surface area contributed by atoms with E-state index in [-0.39, 0.29) is 0 Å². The van der Waals surface area contributed by atoms with E-state index in [4.69, 9.17) is 0 Å². The summed E-state index contributed by atoms with van der Waals surface area (Å²) in [5.74, 6) is 7.70. The molecule has 0 saturated carbocycles. The minimum Gasteiger partial charge on any atom is -0.338 e. The summed E-state index contributed by atoms with van der Waals surface area (Å²) in [7, 11) is 0. The predicted molar refractivity (Wildman–Crippen MR) is 129 cm³/mol. The molecule has 0 radical (unpaired) electrons. The molecule has 0 aliphatic rings. The lowest BCUT2D eigenvalue weighted by atomic mass is 9.97. The van der Waals surface area contributed by atoms with Crippen LogP contribution in [0.1, 0.15) is 11.1 Å². The summed E-state index contributed by atoms with van der Waals surface area (Å²) in [5.41, 5.74) is 5.14. The van der Waals surface area contributed by atoms with Crippen molar-refractivity contribution in [2.24, 2.45) is 0 Å². The zero-order valence-electron chi connectivity index (χ0n) is 16.8. The zero-order chi connectivity index (χ0) is 20.6. The van der Waals surface area contributed by atoms with E-state index in [1.165, 1.54) is 21.5 Å². The van der Waals surface area contributed by atoms with E-state index in [1.807, 2.05) is 24.3 Å². The van der Waals surface area contributed by atoms with Crippen LogP contribution >= 0.6 is 0 Å². The van der Waals surface area contributed by atoms with Crippen molar-refractivity contribution in [1.29, 1.82) is 0 Å². The van der Waals surface area contributed by atoms with E-state index >= 15 is 0 Å². The molecule has 1 aromatic heterocycles. The van der Waals surface area contributed by atoms with Crippen LogP contribution in [0, 0.1) is 11.8 Å². The van der Waals surface area contributed by atoms with Gasteiger partial charge in [-0.05, 0) is 51.9 Å². The molecule has 0 atom stereocenters. The summed E-state index contributed by atoms with van der Waals surface area (Å²) in [6, 6.07) is 35.5. The molecule has 2 heteroatoms. The van der Waals surface area contributed by atoms with Crippen LogP contribution in [0.2, 0.25) is 0 Å². The van der Waals surface area contributed by atoms with Crippen molar-refractivity contribution >= 4 is 32.6 Å². The second kappa shape index (κ2) is 7.16. The van der Waals surface area contributed by atoms with Crippen LogP contribution in [0.5, 0.6) is 0 Å². The summed E-state index contributed by atoms with van der Waals surface area (Å²) < 4.78 is 0. The highest BCUT2D eigenvalue weighted by Crippen LogP contribution is 2.28. The van der Waals surface area contributed by atoms with Gasteiger partial charge < -0.3 is 4.98 Å². The van der Waals surface area contributed by atoms with Crippen molar-refractivity contribution in [2.75, 3.05) is 0 Å². The second-order valence-electron chi connectivity index (χ2n) is 7.62. The van der Waals surface area contributed by atoms with Crippen molar-refractivity contribution < 1.29 is 0 Å². The third kappa shape index (κ3) is 3.13. The molecule has 0 aliphatic carbocycles. The first-order valence-corrected chi connectivity index (χ1v) is 10.3. The standard InChI is InChI=1S/C29H18N2/c1-3-9-24-22(7-1)19-23-8-2-4-10-25(23)26(24)18-15-20-13-16-21(17-14-20)29-30-27-11-5-6-12-28(27)31-29/h1-14,16-17,19H,(H,30,31). The first-order chi connectivity index (χ1) is 15.3. The lowest BCUT2D eigenvalue weighted by Gasteiger charge is -2.06. The van der Waals surface area contributed by atoms with Crippen LogP contribution < -0.4 is 0 Å². The fourth-order valence-electron chi connectivity index (χ4n) is 4.08. The van der Waals surface area contributed by atoms with Crippen LogP contribution in [0.15, 0.2) is 103 Å². The molecule has 0 amide bonds. The van der Waals surface area contributed by atoms with Crippen molar-refractivity contribution in [3.05, 3.63) is 114 Å². The van der Waals surface area contributed by atoms with Gasteiger partial charge in [-0.25, -0.2) is 4.98 Å². The van der Waals surface area contributed by atoms with E-state index in [1.54, 1.807) is 0 Å². The number of imidazole rings is 1. The number of nitrogens with one attached hydrogen (secondary N) is 1. The zero-order valence-corrected chi connectivity index (χ0v) is 16.8. The maximum absolute atomic E-state index is 4.68. The second-order valence-corrected chi connectivity index (χ2v) is 7.62. The Morgan fingerprint density at radius 3 is 1.97 bits per heavy atom. The van der Waals surface area contributed by atoms with E-state index < -0.39 is 0 Å². The Balaban J connectivity index is 1.41. The van der Waals surface area contributed by atoms with Gasteiger partial charge in [0, 0.05) is 16.7 Å². The van der Waals surface area contributed by atoms with Gasteiger partial charge in [0.15, 0.2) is 0 Å². The Kier molecular flexibility index (Phi) is 4.04. The topological polar surface area (TPSA) is 28.7 Å². The summed E-state index contributed by atoms with van der Waals surface area (Å²) in [5, 5.41) is 4.80. The molecular formula is C29H18N2. The molecule has 1 N–H and O–H groups in total. The average Bonchev–Trinajstić information content (AvgIpc) is 3.26.